The van der Waals surface area contributed by atoms with E-state index in [4.69, 9.17) is 14.3 Å². The first-order valence-corrected chi connectivity index (χ1v) is 13.3. The van der Waals surface area contributed by atoms with Crippen LogP contribution in [0, 0.1) is 0 Å². The first-order chi connectivity index (χ1) is 19.9. The van der Waals surface area contributed by atoms with Gasteiger partial charge in [-0.3, -0.25) is 9.48 Å². The Bertz CT molecular complexity index is 1660. The van der Waals surface area contributed by atoms with Gasteiger partial charge in [-0.05, 0) is 63.8 Å². The summed E-state index contributed by atoms with van der Waals surface area (Å²) in [7, 11) is -1.44. The summed E-state index contributed by atoms with van der Waals surface area (Å²) in [5, 5.41) is 4.28. The van der Waals surface area contributed by atoms with E-state index in [1.165, 1.54) is 29.9 Å². The van der Waals surface area contributed by atoms with Crippen LogP contribution in [-0.4, -0.2) is 65.8 Å². The van der Waals surface area contributed by atoms with Crippen LogP contribution in [0.1, 0.15) is 61.1 Å². The Labute approximate surface area is 222 Å². The SMILES string of the molecule is [2H]C([2H])([2H])CCc1nn(C)c2c(=O)[nH]c(-c3cc(S(=O)(=O)NC([2H])([2H])C([2H])([2H])C4CCCN4C)ccc3OCCC)nc12. The maximum atomic E-state index is 13.5. The van der Waals surface area contributed by atoms with Crippen molar-refractivity contribution in [2.24, 2.45) is 7.05 Å². The molecule has 1 saturated heterocycles. The first kappa shape index (κ1) is 18.5. The number of fused-ring (bicyclic) bond motifs is 1. The summed E-state index contributed by atoms with van der Waals surface area (Å²) in [6.07, 6.45) is -1.06. The van der Waals surface area contributed by atoms with Crippen molar-refractivity contribution in [3.05, 3.63) is 34.2 Å². The van der Waals surface area contributed by atoms with Gasteiger partial charge in [0.2, 0.25) is 10.0 Å². The summed E-state index contributed by atoms with van der Waals surface area (Å²) < 4.78 is 92.4. The van der Waals surface area contributed by atoms with Gasteiger partial charge in [-0.2, -0.15) is 5.10 Å². The number of hydrogen-bond acceptors (Lipinski definition) is 7. The van der Waals surface area contributed by atoms with Crippen molar-refractivity contribution >= 4 is 21.1 Å². The Morgan fingerprint density at radius 1 is 1.33 bits per heavy atom. The van der Waals surface area contributed by atoms with Gasteiger partial charge in [0.1, 0.15) is 17.1 Å². The average molecular weight is 524 g/mol. The summed E-state index contributed by atoms with van der Waals surface area (Å²) in [4.78, 5) is 21.6. The Morgan fingerprint density at radius 2 is 2.17 bits per heavy atom. The van der Waals surface area contributed by atoms with Gasteiger partial charge in [0.05, 0.1) is 22.8 Å². The predicted octanol–water partition coefficient (Wildman–Crippen LogP) is 2.83. The molecule has 0 aliphatic carbocycles. The summed E-state index contributed by atoms with van der Waals surface area (Å²) in [5.41, 5.74) is 0.0459. The minimum atomic E-state index is -4.64. The standard InChI is InChI=1S/C25H36N6O4S/c1-5-8-20-22-23(31(4)29-20)25(32)28-24(27-22)19-16-18(10-11-21(19)35-15-6-2)36(33,34)26-13-12-17-9-7-14-30(17)3/h10-11,16-17,26H,5-9,12-15H2,1-4H3,(H,27,28,32)/i1D3,12D2,13D2. The lowest BCUT2D eigenvalue weighted by Gasteiger charge is -2.19. The average Bonchev–Trinajstić information content (AvgIpc) is 3.48. The second kappa shape index (κ2) is 11.1. The Balaban J connectivity index is 1.79. The van der Waals surface area contributed by atoms with Crippen LogP contribution in [0.2, 0.25) is 0 Å². The van der Waals surface area contributed by atoms with Crippen molar-refractivity contribution in [2.45, 2.75) is 63.2 Å². The number of sulfonamides is 1. The molecule has 1 aliphatic heterocycles. The van der Waals surface area contributed by atoms with E-state index in [2.05, 4.69) is 15.1 Å². The molecule has 2 N–H and O–H groups in total. The summed E-state index contributed by atoms with van der Waals surface area (Å²) in [5.74, 6) is 0.136. The highest BCUT2D eigenvalue weighted by Crippen LogP contribution is 2.31. The molecule has 10 nitrogen and oxygen atoms in total. The quantitative estimate of drug-likeness (QED) is 0.396. The third-order valence-corrected chi connectivity index (χ3v) is 7.29. The van der Waals surface area contributed by atoms with Crippen LogP contribution in [0.4, 0.5) is 0 Å². The van der Waals surface area contributed by atoms with Crippen LogP contribution in [0.5, 0.6) is 5.75 Å². The molecule has 0 spiro atoms. The van der Waals surface area contributed by atoms with Gasteiger partial charge in [0.25, 0.3) is 5.56 Å². The number of rotatable bonds is 11. The number of nitrogens with zero attached hydrogens (tertiary/aromatic N) is 4. The molecule has 0 radical (unpaired) electrons. The lowest BCUT2D eigenvalue weighted by molar-refractivity contribution is 0.297. The number of likely N-dealkylation sites (tertiary alicyclic amines) is 1. The van der Waals surface area contributed by atoms with Crippen molar-refractivity contribution in [2.75, 3.05) is 26.7 Å². The molecule has 1 aliphatic rings. The molecule has 1 aromatic carbocycles. The smallest absolute Gasteiger partial charge is 0.277 e. The van der Waals surface area contributed by atoms with Gasteiger partial charge < -0.3 is 14.6 Å². The molecule has 11 heteroatoms. The summed E-state index contributed by atoms with van der Waals surface area (Å²) in [6, 6.07) is 2.90. The van der Waals surface area contributed by atoms with E-state index >= 15 is 0 Å². The fourth-order valence-electron chi connectivity index (χ4n) is 4.19. The Morgan fingerprint density at radius 3 is 2.89 bits per heavy atom. The van der Waals surface area contributed by atoms with Crippen LogP contribution in [0.3, 0.4) is 0 Å². The van der Waals surface area contributed by atoms with Gasteiger partial charge in [0, 0.05) is 29.2 Å². The number of hydrogen-bond donors (Lipinski definition) is 2. The fraction of sp³-hybridized carbons (Fsp3) is 0.560. The van der Waals surface area contributed by atoms with Crippen LogP contribution in [-0.2, 0) is 23.5 Å². The van der Waals surface area contributed by atoms with E-state index in [1.54, 1.807) is 11.9 Å². The van der Waals surface area contributed by atoms with E-state index in [1.807, 2.05) is 11.6 Å². The van der Waals surface area contributed by atoms with E-state index in [0.29, 0.717) is 25.8 Å². The largest absolute Gasteiger partial charge is 0.493 e. The molecular formula is C25H36N6O4S. The molecule has 3 aromatic rings. The third-order valence-electron chi connectivity index (χ3n) is 6.05. The molecule has 36 heavy (non-hydrogen) atoms. The van der Waals surface area contributed by atoms with Gasteiger partial charge in [-0.15, -0.1) is 0 Å². The number of aryl methyl sites for hydroxylation is 2. The van der Waals surface area contributed by atoms with Gasteiger partial charge in [-0.25, -0.2) is 18.1 Å². The number of benzene rings is 1. The van der Waals surface area contributed by atoms with E-state index in [-0.39, 0.29) is 53.3 Å². The van der Waals surface area contributed by atoms with Gasteiger partial charge >= 0.3 is 0 Å². The molecule has 0 bridgehead atoms. The molecule has 3 heterocycles. The summed E-state index contributed by atoms with van der Waals surface area (Å²) in [6.45, 7) is -2.48. The van der Waals surface area contributed by atoms with Crippen LogP contribution >= 0.6 is 0 Å². The zero-order valence-corrected chi connectivity index (χ0v) is 21.4. The monoisotopic (exact) mass is 523 g/mol. The lowest BCUT2D eigenvalue weighted by atomic mass is 10.1. The van der Waals surface area contributed by atoms with Crippen molar-refractivity contribution < 1.29 is 22.7 Å². The number of aromatic amines is 1. The first-order valence-electron chi connectivity index (χ1n) is 15.4. The molecule has 1 unspecified atom stereocenters. The van der Waals surface area contributed by atoms with Crippen molar-refractivity contribution in [1.29, 1.82) is 0 Å². The number of aromatic nitrogens is 4. The molecule has 1 fully saturated rings. The fourth-order valence-corrected chi connectivity index (χ4v) is 5.02. The third kappa shape index (κ3) is 5.47. The molecule has 196 valence electrons. The zero-order valence-electron chi connectivity index (χ0n) is 27.6. The number of ether oxygens (including phenoxy) is 1. The summed E-state index contributed by atoms with van der Waals surface area (Å²) >= 11 is 0. The zero-order chi connectivity index (χ0) is 32.0. The predicted molar refractivity (Wildman–Crippen MR) is 140 cm³/mol. The van der Waals surface area contributed by atoms with Crippen molar-refractivity contribution in [1.82, 2.24) is 29.4 Å². The molecular weight excluding hydrogens is 480 g/mol. The Kier molecular flexibility index (Phi) is 5.70. The van der Waals surface area contributed by atoms with Gasteiger partial charge in [-0.1, -0.05) is 20.2 Å². The van der Waals surface area contributed by atoms with E-state index < -0.39 is 46.2 Å². The number of H-pyrrole nitrogens is 1. The maximum Gasteiger partial charge on any atom is 0.277 e. The molecule has 0 saturated carbocycles. The molecule has 1 atom stereocenters. The van der Waals surface area contributed by atoms with E-state index in [0.717, 1.165) is 0 Å². The highest BCUT2D eigenvalue weighted by molar-refractivity contribution is 7.89. The van der Waals surface area contributed by atoms with Crippen molar-refractivity contribution in [3.8, 4) is 17.1 Å². The molecule has 2 aromatic heterocycles. The Hall–Kier alpha value is -2.76. The van der Waals surface area contributed by atoms with Crippen LogP contribution in [0.15, 0.2) is 27.9 Å². The maximum absolute atomic E-state index is 13.5. The molecule has 0 amide bonds. The molecule has 4 rings (SSSR count). The highest BCUT2D eigenvalue weighted by Gasteiger charge is 2.23. The minimum absolute atomic E-state index is 0.0223. The van der Waals surface area contributed by atoms with Gasteiger partial charge in [0.15, 0.2) is 5.52 Å². The topological polar surface area (TPSA) is 122 Å². The second-order valence-electron chi connectivity index (χ2n) is 8.70. The second-order valence-corrected chi connectivity index (χ2v) is 10.4. The van der Waals surface area contributed by atoms with Crippen molar-refractivity contribution in [3.63, 3.8) is 0 Å². The number of nitrogens with one attached hydrogen (secondary N) is 2. The normalized spacial score (nSPS) is 20.8. The van der Waals surface area contributed by atoms with E-state index in [9.17, 15) is 13.2 Å². The highest BCUT2D eigenvalue weighted by atomic mass is 32.2. The van der Waals surface area contributed by atoms with Crippen LogP contribution in [0.25, 0.3) is 22.4 Å². The van der Waals surface area contributed by atoms with Crippen LogP contribution < -0.4 is 15.0 Å². The lowest BCUT2D eigenvalue weighted by Crippen LogP contribution is -2.31. The minimum Gasteiger partial charge on any atom is -0.493 e.